The van der Waals surface area contributed by atoms with Crippen LogP contribution in [0.3, 0.4) is 0 Å². The van der Waals surface area contributed by atoms with Crippen molar-refractivity contribution in [2.24, 2.45) is 0 Å². The number of carbonyl (C=O) groups excluding carboxylic acids is 2. The molecule has 0 radical (unpaired) electrons. The molecule has 1 aromatic carbocycles. The molecule has 1 saturated heterocycles. The predicted octanol–water partition coefficient (Wildman–Crippen LogP) is 2.67. The molecule has 7 nitrogen and oxygen atoms in total. The molecule has 150 valence electrons. The Morgan fingerprint density at radius 2 is 1.89 bits per heavy atom. The van der Waals surface area contributed by atoms with E-state index < -0.39 is 5.97 Å². The normalized spacial score (nSPS) is 19.6. The number of aryl methyl sites for hydroxylation is 2. The van der Waals surface area contributed by atoms with Crippen LogP contribution in [0.4, 0.5) is 0 Å². The van der Waals surface area contributed by atoms with Crippen LogP contribution in [0.15, 0.2) is 23.0 Å². The molecule has 1 aliphatic rings. The van der Waals surface area contributed by atoms with E-state index >= 15 is 0 Å². The van der Waals surface area contributed by atoms with Gasteiger partial charge in [-0.05, 0) is 65.2 Å². The predicted molar refractivity (Wildman–Crippen MR) is 106 cm³/mol. The van der Waals surface area contributed by atoms with Crippen molar-refractivity contribution >= 4 is 22.9 Å². The fraction of sp³-hybridized carbons (Fsp3) is 0.524. The van der Waals surface area contributed by atoms with Gasteiger partial charge >= 0.3 is 5.97 Å². The Kier molecular flexibility index (Phi) is 5.82. The summed E-state index contributed by atoms with van der Waals surface area (Å²) in [5.41, 5.74) is 1.77. The van der Waals surface area contributed by atoms with Gasteiger partial charge in [-0.15, -0.1) is 0 Å². The van der Waals surface area contributed by atoms with Crippen molar-refractivity contribution in [2.45, 2.75) is 65.6 Å². The standard InChI is InChI=1S/C21H27N3O4/c1-5-23-18-10-9-16(11-17(18)22-15(4)20(23)26)21(27)28-12-19(25)24-13(2)7-6-8-14(24)3/h9-11,13-14H,5-8,12H2,1-4H3/t13-,14-/m1/s1. The van der Waals surface area contributed by atoms with Gasteiger partial charge in [0.15, 0.2) is 6.61 Å². The Morgan fingerprint density at radius 3 is 2.54 bits per heavy atom. The number of benzene rings is 1. The summed E-state index contributed by atoms with van der Waals surface area (Å²) in [6, 6.07) is 5.22. The van der Waals surface area contributed by atoms with Crippen LogP contribution in [0.2, 0.25) is 0 Å². The first-order valence-corrected chi connectivity index (χ1v) is 9.83. The Bertz CT molecular complexity index is 956. The topological polar surface area (TPSA) is 81.5 Å². The summed E-state index contributed by atoms with van der Waals surface area (Å²) in [7, 11) is 0. The second-order valence-corrected chi connectivity index (χ2v) is 7.46. The molecule has 0 unspecified atom stereocenters. The number of hydrogen-bond donors (Lipinski definition) is 0. The average Bonchev–Trinajstić information content (AvgIpc) is 2.66. The van der Waals surface area contributed by atoms with Gasteiger partial charge in [0.2, 0.25) is 0 Å². The van der Waals surface area contributed by atoms with E-state index in [1.165, 1.54) is 0 Å². The Hall–Kier alpha value is -2.70. The fourth-order valence-electron chi connectivity index (χ4n) is 4.01. The number of aromatic nitrogens is 2. The summed E-state index contributed by atoms with van der Waals surface area (Å²) in [5, 5.41) is 0. The van der Waals surface area contributed by atoms with Gasteiger partial charge in [-0.2, -0.15) is 0 Å². The first kappa shape index (κ1) is 20.0. The highest BCUT2D eigenvalue weighted by Crippen LogP contribution is 2.22. The zero-order valence-electron chi connectivity index (χ0n) is 16.9. The van der Waals surface area contributed by atoms with Crippen molar-refractivity contribution in [1.82, 2.24) is 14.5 Å². The van der Waals surface area contributed by atoms with Crippen LogP contribution in [0.25, 0.3) is 11.0 Å². The minimum Gasteiger partial charge on any atom is -0.452 e. The lowest BCUT2D eigenvalue weighted by Crippen LogP contribution is -2.49. The van der Waals surface area contributed by atoms with Gasteiger partial charge in [0, 0.05) is 18.6 Å². The second-order valence-electron chi connectivity index (χ2n) is 7.46. The summed E-state index contributed by atoms with van der Waals surface area (Å²) >= 11 is 0. The molecule has 7 heteroatoms. The third kappa shape index (κ3) is 3.79. The molecule has 2 heterocycles. The zero-order chi connectivity index (χ0) is 20.4. The summed E-state index contributed by atoms with van der Waals surface area (Å²) in [6.45, 7) is 7.84. The number of rotatable bonds is 4. The first-order chi connectivity index (χ1) is 13.3. The van der Waals surface area contributed by atoms with E-state index in [1.54, 1.807) is 29.7 Å². The molecule has 0 N–H and O–H groups in total. The Balaban J connectivity index is 1.76. The van der Waals surface area contributed by atoms with Crippen molar-refractivity contribution in [1.29, 1.82) is 0 Å². The highest BCUT2D eigenvalue weighted by molar-refractivity contribution is 5.94. The van der Waals surface area contributed by atoms with E-state index in [0.29, 0.717) is 28.8 Å². The molecule has 1 amide bonds. The lowest BCUT2D eigenvalue weighted by Gasteiger charge is -2.38. The third-order valence-corrected chi connectivity index (χ3v) is 5.47. The van der Waals surface area contributed by atoms with Crippen molar-refractivity contribution in [3.63, 3.8) is 0 Å². The molecular weight excluding hydrogens is 358 g/mol. The van der Waals surface area contributed by atoms with Crippen LogP contribution in [0.5, 0.6) is 0 Å². The van der Waals surface area contributed by atoms with E-state index in [0.717, 1.165) is 19.3 Å². The number of hydrogen-bond acceptors (Lipinski definition) is 5. The second kappa shape index (κ2) is 8.12. The number of nitrogens with zero attached hydrogens (tertiary/aromatic N) is 3. The maximum atomic E-state index is 12.5. The van der Waals surface area contributed by atoms with Gasteiger partial charge in [-0.3, -0.25) is 9.59 Å². The van der Waals surface area contributed by atoms with Gasteiger partial charge in [0.25, 0.3) is 11.5 Å². The van der Waals surface area contributed by atoms with Crippen LogP contribution in [0, 0.1) is 6.92 Å². The van der Waals surface area contributed by atoms with E-state index in [2.05, 4.69) is 4.98 Å². The highest BCUT2D eigenvalue weighted by atomic mass is 16.5. The SMILES string of the molecule is CCn1c(=O)c(C)nc2cc(C(=O)OCC(=O)N3[C@H](C)CCC[C@H]3C)ccc21. The lowest BCUT2D eigenvalue weighted by molar-refractivity contribution is -0.140. The van der Waals surface area contributed by atoms with E-state index in [4.69, 9.17) is 4.74 Å². The number of carbonyl (C=O) groups is 2. The third-order valence-electron chi connectivity index (χ3n) is 5.47. The van der Waals surface area contributed by atoms with E-state index in [9.17, 15) is 14.4 Å². The first-order valence-electron chi connectivity index (χ1n) is 9.83. The molecular formula is C21H27N3O4. The molecule has 3 rings (SSSR count). The average molecular weight is 385 g/mol. The quantitative estimate of drug-likeness (QED) is 0.756. The van der Waals surface area contributed by atoms with Gasteiger partial charge in [0.05, 0.1) is 16.6 Å². The Labute approximate surface area is 164 Å². The molecule has 0 aliphatic carbocycles. The maximum absolute atomic E-state index is 12.5. The largest absolute Gasteiger partial charge is 0.452 e. The monoisotopic (exact) mass is 385 g/mol. The molecule has 2 atom stereocenters. The number of likely N-dealkylation sites (tertiary alicyclic amines) is 1. The van der Waals surface area contributed by atoms with Gasteiger partial charge in [0.1, 0.15) is 5.69 Å². The van der Waals surface area contributed by atoms with Crippen LogP contribution in [-0.2, 0) is 16.1 Å². The van der Waals surface area contributed by atoms with E-state index in [1.807, 2.05) is 25.7 Å². The number of ether oxygens (including phenoxy) is 1. The van der Waals surface area contributed by atoms with Crippen molar-refractivity contribution in [3.8, 4) is 0 Å². The Morgan fingerprint density at radius 1 is 1.21 bits per heavy atom. The van der Waals surface area contributed by atoms with Crippen LogP contribution >= 0.6 is 0 Å². The molecule has 1 aromatic heterocycles. The van der Waals surface area contributed by atoms with Crippen LogP contribution in [0.1, 0.15) is 56.1 Å². The summed E-state index contributed by atoms with van der Waals surface area (Å²) in [5.74, 6) is -0.733. The number of piperidine rings is 1. The van der Waals surface area contributed by atoms with Crippen molar-refractivity contribution in [3.05, 3.63) is 39.8 Å². The maximum Gasteiger partial charge on any atom is 0.338 e. The molecule has 0 spiro atoms. The summed E-state index contributed by atoms with van der Waals surface area (Å²) in [4.78, 5) is 43.3. The highest BCUT2D eigenvalue weighted by Gasteiger charge is 2.29. The minimum atomic E-state index is -0.568. The lowest BCUT2D eigenvalue weighted by atomic mass is 9.97. The van der Waals surface area contributed by atoms with Gasteiger partial charge in [-0.1, -0.05) is 0 Å². The number of fused-ring (bicyclic) bond motifs is 1. The van der Waals surface area contributed by atoms with E-state index in [-0.39, 0.29) is 30.2 Å². The molecule has 1 fully saturated rings. The van der Waals surface area contributed by atoms with Crippen molar-refractivity contribution in [2.75, 3.05) is 6.61 Å². The molecule has 1 aliphatic heterocycles. The fourth-order valence-corrected chi connectivity index (χ4v) is 4.01. The number of amides is 1. The van der Waals surface area contributed by atoms with Crippen LogP contribution < -0.4 is 5.56 Å². The summed E-state index contributed by atoms with van der Waals surface area (Å²) in [6.07, 6.45) is 3.05. The molecule has 0 saturated carbocycles. The van der Waals surface area contributed by atoms with Crippen molar-refractivity contribution < 1.29 is 14.3 Å². The molecule has 28 heavy (non-hydrogen) atoms. The molecule has 2 aromatic rings. The zero-order valence-corrected chi connectivity index (χ0v) is 16.9. The smallest absolute Gasteiger partial charge is 0.338 e. The van der Waals surface area contributed by atoms with Gasteiger partial charge in [-0.25, -0.2) is 9.78 Å². The number of esters is 1. The minimum absolute atomic E-state index is 0.138. The van der Waals surface area contributed by atoms with Crippen LogP contribution in [-0.4, -0.2) is 45.0 Å². The van der Waals surface area contributed by atoms with Gasteiger partial charge < -0.3 is 14.2 Å². The molecule has 0 bridgehead atoms. The summed E-state index contributed by atoms with van der Waals surface area (Å²) < 4.78 is 6.89.